The molecular weight excluding hydrogens is 264 g/mol. The quantitative estimate of drug-likeness (QED) is 0.403. The normalized spacial score (nSPS) is 17.3. The highest BCUT2D eigenvalue weighted by molar-refractivity contribution is 5.50. The number of unbranched alkanes of at least 4 members (excludes halogenated alkanes) is 1. The van der Waals surface area contributed by atoms with Crippen molar-refractivity contribution in [2.75, 3.05) is 0 Å². The summed E-state index contributed by atoms with van der Waals surface area (Å²) in [5.74, 6) is 0. The third-order valence-corrected chi connectivity index (χ3v) is 5.14. The molecule has 0 aromatic rings. The van der Waals surface area contributed by atoms with Gasteiger partial charge in [0.2, 0.25) is 0 Å². The van der Waals surface area contributed by atoms with Crippen molar-refractivity contribution in [2.45, 2.75) is 92.9 Å². The minimum Gasteiger partial charge on any atom is -0.0842 e. The molecule has 124 valence electrons. The highest BCUT2D eigenvalue weighted by Crippen LogP contribution is 2.35. The summed E-state index contributed by atoms with van der Waals surface area (Å²) in [4.78, 5) is 0. The zero-order chi connectivity index (χ0) is 16.5. The van der Waals surface area contributed by atoms with Crippen LogP contribution in [-0.4, -0.2) is 0 Å². The lowest BCUT2D eigenvalue weighted by atomic mass is 9.83. The predicted molar refractivity (Wildman–Crippen MR) is 101 cm³/mol. The van der Waals surface area contributed by atoms with Crippen LogP contribution in [0.15, 0.2) is 45.6 Å². The van der Waals surface area contributed by atoms with Gasteiger partial charge in [0.15, 0.2) is 0 Å². The third-order valence-electron chi connectivity index (χ3n) is 5.14. The third kappa shape index (κ3) is 5.00. The first-order chi connectivity index (χ1) is 10.6. The largest absolute Gasteiger partial charge is 0.0842 e. The summed E-state index contributed by atoms with van der Waals surface area (Å²) in [6, 6.07) is 0. The second-order valence-corrected chi connectivity index (χ2v) is 6.57. The van der Waals surface area contributed by atoms with Crippen molar-refractivity contribution >= 4 is 0 Å². The van der Waals surface area contributed by atoms with E-state index in [4.69, 9.17) is 0 Å². The van der Waals surface area contributed by atoms with E-state index >= 15 is 0 Å². The Hall–Kier alpha value is -1.04. The van der Waals surface area contributed by atoms with Crippen LogP contribution in [0.25, 0.3) is 0 Å². The van der Waals surface area contributed by atoms with E-state index in [-0.39, 0.29) is 0 Å². The zero-order valence-electron chi connectivity index (χ0n) is 15.8. The maximum absolute atomic E-state index is 2.50. The molecule has 1 aliphatic carbocycles. The van der Waals surface area contributed by atoms with E-state index in [9.17, 15) is 0 Å². The van der Waals surface area contributed by atoms with Gasteiger partial charge in [0, 0.05) is 0 Å². The lowest BCUT2D eigenvalue weighted by Gasteiger charge is -2.23. The molecule has 0 saturated heterocycles. The van der Waals surface area contributed by atoms with Crippen LogP contribution in [0.3, 0.4) is 0 Å². The summed E-state index contributed by atoms with van der Waals surface area (Å²) in [6.45, 7) is 13.7. The molecule has 0 radical (unpaired) electrons. The lowest BCUT2D eigenvalue weighted by Crippen LogP contribution is -2.03. The Morgan fingerprint density at radius 3 is 2.09 bits per heavy atom. The number of rotatable bonds is 8. The van der Waals surface area contributed by atoms with Crippen molar-refractivity contribution < 1.29 is 0 Å². The Labute approximate surface area is 139 Å². The van der Waals surface area contributed by atoms with Crippen LogP contribution < -0.4 is 0 Å². The summed E-state index contributed by atoms with van der Waals surface area (Å²) in [5, 5.41) is 0. The molecule has 0 heteroatoms. The van der Waals surface area contributed by atoms with Gasteiger partial charge in [-0.2, -0.15) is 0 Å². The van der Waals surface area contributed by atoms with E-state index in [2.05, 4.69) is 53.7 Å². The van der Waals surface area contributed by atoms with Gasteiger partial charge >= 0.3 is 0 Å². The monoisotopic (exact) mass is 300 g/mol. The number of allylic oxidation sites excluding steroid dienone is 8. The summed E-state index contributed by atoms with van der Waals surface area (Å²) in [5.41, 5.74) is 9.39. The SMILES string of the molecule is CC=C(CCCC)C(=CC(=C(C)CC)C(C)=C1CCC1)CC. The molecule has 22 heavy (non-hydrogen) atoms. The summed E-state index contributed by atoms with van der Waals surface area (Å²) in [6.07, 6.45) is 14.9. The minimum atomic E-state index is 1.13. The fourth-order valence-corrected chi connectivity index (χ4v) is 3.11. The van der Waals surface area contributed by atoms with Crippen molar-refractivity contribution in [1.82, 2.24) is 0 Å². The van der Waals surface area contributed by atoms with E-state index in [0.717, 1.165) is 12.8 Å². The van der Waals surface area contributed by atoms with E-state index in [0.29, 0.717) is 0 Å². The topological polar surface area (TPSA) is 0 Å². The van der Waals surface area contributed by atoms with Crippen LogP contribution in [-0.2, 0) is 0 Å². The Kier molecular flexibility index (Phi) is 8.53. The summed E-state index contributed by atoms with van der Waals surface area (Å²) >= 11 is 0. The average Bonchev–Trinajstić information content (AvgIpc) is 2.48. The molecule has 0 aromatic carbocycles. The van der Waals surface area contributed by atoms with Crippen LogP contribution in [0.2, 0.25) is 0 Å². The Morgan fingerprint density at radius 1 is 1.00 bits per heavy atom. The predicted octanol–water partition coefficient (Wildman–Crippen LogP) is 7.69. The average molecular weight is 301 g/mol. The first kappa shape index (κ1) is 19.0. The molecule has 0 bridgehead atoms. The second-order valence-electron chi connectivity index (χ2n) is 6.57. The first-order valence-corrected chi connectivity index (χ1v) is 9.33. The molecule has 1 aliphatic rings. The van der Waals surface area contributed by atoms with Gasteiger partial charge in [-0.1, -0.05) is 50.5 Å². The van der Waals surface area contributed by atoms with Gasteiger partial charge < -0.3 is 0 Å². The van der Waals surface area contributed by atoms with E-state index in [1.54, 1.807) is 16.7 Å². The molecule has 0 spiro atoms. The van der Waals surface area contributed by atoms with Gasteiger partial charge in [-0.25, -0.2) is 0 Å². The molecule has 0 atom stereocenters. The van der Waals surface area contributed by atoms with Gasteiger partial charge in [0.1, 0.15) is 0 Å². The van der Waals surface area contributed by atoms with E-state index < -0.39 is 0 Å². The molecule has 0 aliphatic heterocycles. The molecule has 0 heterocycles. The molecule has 0 nitrogen and oxygen atoms in total. The van der Waals surface area contributed by atoms with E-state index in [1.807, 2.05) is 0 Å². The fraction of sp³-hybridized carbons (Fsp3) is 0.636. The van der Waals surface area contributed by atoms with Gasteiger partial charge in [-0.05, 0) is 88.0 Å². The number of hydrogen-bond acceptors (Lipinski definition) is 0. The van der Waals surface area contributed by atoms with Crippen molar-refractivity contribution in [1.29, 1.82) is 0 Å². The number of hydrogen-bond donors (Lipinski definition) is 0. The standard InChI is InChI=1S/C22H36/c1-7-11-13-19(9-3)20(10-4)16-22(17(5)8-2)18(6)21-14-12-15-21/h9,16H,7-8,10-15H2,1-6H3. The van der Waals surface area contributed by atoms with Gasteiger partial charge in [0.05, 0.1) is 0 Å². The molecule has 0 amide bonds. The summed E-state index contributed by atoms with van der Waals surface area (Å²) in [7, 11) is 0. The molecule has 0 N–H and O–H groups in total. The Bertz CT molecular complexity index is 474. The van der Waals surface area contributed by atoms with E-state index in [1.165, 1.54) is 55.2 Å². The second kappa shape index (κ2) is 9.87. The van der Waals surface area contributed by atoms with Crippen LogP contribution >= 0.6 is 0 Å². The lowest BCUT2D eigenvalue weighted by molar-refractivity contribution is 0.652. The first-order valence-electron chi connectivity index (χ1n) is 9.33. The molecule has 1 rings (SSSR count). The van der Waals surface area contributed by atoms with Crippen molar-refractivity contribution in [3.8, 4) is 0 Å². The maximum atomic E-state index is 2.50. The van der Waals surface area contributed by atoms with Gasteiger partial charge in [0.25, 0.3) is 0 Å². The van der Waals surface area contributed by atoms with Crippen molar-refractivity contribution in [2.24, 2.45) is 0 Å². The molecule has 1 saturated carbocycles. The summed E-state index contributed by atoms with van der Waals surface area (Å²) < 4.78 is 0. The fourth-order valence-electron chi connectivity index (χ4n) is 3.11. The Balaban J connectivity index is 3.18. The van der Waals surface area contributed by atoms with Crippen molar-refractivity contribution in [3.05, 3.63) is 45.6 Å². The zero-order valence-corrected chi connectivity index (χ0v) is 15.8. The highest BCUT2D eigenvalue weighted by Gasteiger charge is 2.15. The van der Waals surface area contributed by atoms with Crippen molar-refractivity contribution in [3.63, 3.8) is 0 Å². The maximum Gasteiger partial charge on any atom is -0.0236 e. The van der Waals surface area contributed by atoms with Crippen LogP contribution in [0, 0.1) is 0 Å². The minimum absolute atomic E-state index is 1.13. The van der Waals surface area contributed by atoms with Crippen LogP contribution in [0.4, 0.5) is 0 Å². The smallest absolute Gasteiger partial charge is 0.0236 e. The molecule has 1 fully saturated rings. The van der Waals surface area contributed by atoms with Gasteiger partial charge in [-0.3, -0.25) is 0 Å². The Morgan fingerprint density at radius 2 is 1.68 bits per heavy atom. The highest BCUT2D eigenvalue weighted by atomic mass is 14.2. The molecule has 0 aromatic heterocycles. The molecular formula is C22H36. The molecule has 0 unspecified atom stereocenters. The van der Waals surface area contributed by atoms with Crippen LogP contribution in [0.1, 0.15) is 92.9 Å². The van der Waals surface area contributed by atoms with Crippen LogP contribution in [0.5, 0.6) is 0 Å². The van der Waals surface area contributed by atoms with Gasteiger partial charge in [-0.15, -0.1) is 0 Å².